The van der Waals surface area contributed by atoms with Crippen molar-refractivity contribution in [3.8, 4) is 0 Å². The first-order chi connectivity index (χ1) is 11.3. The quantitative estimate of drug-likeness (QED) is 0.522. The third-order valence-electron chi connectivity index (χ3n) is 3.88. The number of nitrogens with one attached hydrogen (secondary N) is 1. The van der Waals surface area contributed by atoms with E-state index in [0.717, 1.165) is 29.9 Å². The number of aryl methyl sites for hydroxylation is 1. The molecule has 0 radical (unpaired) electrons. The number of ketones is 1. The molecular weight excluding hydrogens is 306 g/mol. The lowest BCUT2D eigenvalue weighted by atomic mass is 10.1. The Kier molecular flexibility index (Phi) is 8.15. The van der Waals surface area contributed by atoms with Gasteiger partial charge in [-0.05, 0) is 47.2 Å². The van der Waals surface area contributed by atoms with Crippen LogP contribution < -0.4 is 5.32 Å². The largest absolute Gasteiger partial charge is 0.385 e. The van der Waals surface area contributed by atoms with E-state index in [1.807, 2.05) is 33.8 Å². The lowest BCUT2D eigenvalue weighted by molar-refractivity contribution is -0.122. The predicted octanol–water partition coefficient (Wildman–Crippen LogP) is 1.78. The van der Waals surface area contributed by atoms with Gasteiger partial charge < -0.3 is 14.6 Å². The van der Waals surface area contributed by atoms with Gasteiger partial charge >= 0.3 is 0 Å². The first-order valence-corrected chi connectivity index (χ1v) is 8.43. The molecule has 0 fully saturated rings. The Balaban J connectivity index is 2.67. The number of aromatic nitrogens is 1. The van der Waals surface area contributed by atoms with E-state index in [1.165, 1.54) is 0 Å². The van der Waals surface area contributed by atoms with Crippen LogP contribution in [0.2, 0.25) is 0 Å². The van der Waals surface area contributed by atoms with Crippen LogP contribution in [0, 0.1) is 13.8 Å². The van der Waals surface area contributed by atoms with E-state index in [1.54, 1.807) is 19.1 Å². The molecule has 6 heteroatoms. The molecule has 0 saturated carbocycles. The van der Waals surface area contributed by atoms with Crippen molar-refractivity contribution in [2.24, 2.45) is 0 Å². The zero-order valence-corrected chi connectivity index (χ0v) is 15.8. The summed E-state index contributed by atoms with van der Waals surface area (Å²) in [5, 5.41) is 2.83. The second-order valence-corrected chi connectivity index (χ2v) is 6.60. The van der Waals surface area contributed by atoms with Crippen LogP contribution in [-0.2, 0) is 16.1 Å². The van der Waals surface area contributed by atoms with Crippen LogP contribution in [0.5, 0.6) is 0 Å². The molecule has 1 aromatic heterocycles. The van der Waals surface area contributed by atoms with E-state index in [-0.39, 0.29) is 30.8 Å². The van der Waals surface area contributed by atoms with E-state index < -0.39 is 0 Å². The van der Waals surface area contributed by atoms with Crippen LogP contribution in [0.25, 0.3) is 0 Å². The van der Waals surface area contributed by atoms with Crippen molar-refractivity contribution in [1.29, 1.82) is 0 Å². The Hall–Kier alpha value is -1.66. The van der Waals surface area contributed by atoms with Crippen molar-refractivity contribution in [1.82, 2.24) is 14.8 Å². The lowest BCUT2D eigenvalue weighted by Gasteiger charge is -2.16. The molecule has 0 unspecified atom stereocenters. The Morgan fingerprint density at radius 2 is 1.96 bits per heavy atom. The number of carbonyl (C=O) groups is 2. The minimum Gasteiger partial charge on any atom is -0.385 e. The molecule has 0 aromatic carbocycles. The molecule has 0 aliphatic rings. The van der Waals surface area contributed by atoms with Gasteiger partial charge in [-0.2, -0.15) is 0 Å². The number of nitrogens with zero attached hydrogens (tertiary/aromatic N) is 2. The number of Topliss-reactive ketones (excluding diaryl/α,β-unsaturated/α-hetero) is 1. The highest BCUT2D eigenvalue weighted by atomic mass is 16.5. The number of hydrogen-bond donors (Lipinski definition) is 1. The lowest BCUT2D eigenvalue weighted by Crippen LogP contribution is -2.40. The number of rotatable bonds is 10. The van der Waals surface area contributed by atoms with Gasteiger partial charge in [0.25, 0.3) is 0 Å². The van der Waals surface area contributed by atoms with Crippen LogP contribution in [0.1, 0.15) is 42.0 Å². The van der Waals surface area contributed by atoms with E-state index in [9.17, 15) is 9.59 Å². The van der Waals surface area contributed by atoms with E-state index in [2.05, 4.69) is 9.88 Å². The summed E-state index contributed by atoms with van der Waals surface area (Å²) >= 11 is 0. The second kappa shape index (κ2) is 9.59. The summed E-state index contributed by atoms with van der Waals surface area (Å²) in [6.07, 6.45) is 0.912. The molecule has 1 heterocycles. The molecule has 1 rings (SSSR count). The first kappa shape index (κ1) is 20.4. The van der Waals surface area contributed by atoms with Crippen LogP contribution in [0.15, 0.2) is 6.07 Å². The van der Waals surface area contributed by atoms with Gasteiger partial charge in [-0.25, -0.2) is 0 Å². The number of ether oxygens (including phenoxy) is 1. The fraction of sp³-hybridized carbons (Fsp3) is 0.667. The monoisotopic (exact) mass is 337 g/mol. The highest BCUT2D eigenvalue weighted by Gasteiger charge is 2.18. The van der Waals surface area contributed by atoms with Crippen molar-refractivity contribution in [3.63, 3.8) is 0 Å². The van der Waals surface area contributed by atoms with Crippen molar-refractivity contribution in [3.05, 3.63) is 23.0 Å². The van der Waals surface area contributed by atoms with E-state index in [4.69, 9.17) is 4.74 Å². The van der Waals surface area contributed by atoms with Gasteiger partial charge in [0, 0.05) is 43.3 Å². The smallest absolute Gasteiger partial charge is 0.234 e. The summed E-state index contributed by atoms with van der Waals surface area (Å²) in [4.78, 5) is 26.1. The van der Waals surface area contributed by atoms with Gasteiger partial charge in [0.15, 0.2) is 5.78 Å². The summed E-state index contributed by atoms with van der Waals surface area (Å²) in [5.74, 6) is -0.0220. The zero-order valence-electron chi connectivity index (χ0n) is 15.8. The fourth-order valence-corrected chi connectivity index (χ4v) is 2.79. The van der Waals surface area contributed by atoms with Crippen LogP contribution in [0.3, 0.4) is 0 Å². The molecule has 0 aliphatic carbocycles. The molecule has 6 nitrogen and oxygen atoms in total. The molecule has 0 saturated heterocycles. The molecule has 0 bridgehead atoms. The molecule has 0 spiro atoms. The highest BCUT2D eigenvalue weighted by Crippen LogP contribution is 2.16. The standard InChI is InChI=1S/C18H31N3O3/c1-13(2)19-18(23)12-20(5)11-17(22)16-10-14(3)21(15(16)4)8-7-9-24-6/h10,13H,7-9,11-12H2,1-6H3,(H,19,23). The van der Waals surface area contributed by atoms with Gasteiger partial charge in [0.2, 0.25) is 5.91 Å². The number of likely N-dealkylation sites (N-methyl/N-ethyl adjacent to an activating group) is 1. The summed E-state index contributed by atoms with van der Waals surface area (Å²) in [6, 6.07) is 2.04. The molecule has 1 aromatic rings. The number of hydrogen-bond acceptors (Lipinski definition) is 4. The first-order valence-electron chi connectivity index (χ1n) is 8.43. The van der Waals surface area contributed by atoms with Crippen molar-refractivity contribution >= 4 is 11.7 Å². The Morgan fingerprint density at radius 3 is 2.54 bits per heavy atom. The Morgan fingerprint density at radius 1 is 1.29 bits per heavy atom. The molecule has 0 aliphatic heterocycles. The number of carbonyl (C=O) groups excluding carboxylic acids is 2. The summed E-state index contributed by atoms with van der Waals surface area (Å²) < 4.78 is 7.24. The van der Waals surface area contributed by atoms with E-state index >= 15 is 0 Å². The minimum absolute atomic E-state index is 0.0425. The van der Waals surface area contributed by atoms with Gasteiger partial charge in [0.1, 0.15) is 0 Å². The molecular formula is C18H31N3O3. The third-order valence-corrected chi connectivity index (χ3v) is 3.88. The van der Waals surface area contributed by atoms with Gasteiger partial charge in [0.05, 0.1) is 13.1 Å². The molecule has 1 amide bonds. The molecule has 24 heavy (non-hydrogen) atoms. The van der Waals surface area contributed by atoms with Gasteiger partial charge in [-0.15, -0.1) is 0 Å². The zero-order chi connectivity index (χ0) is 18.3. The maximum Gasteiger partial charge on any atom is 0.234 e. The van der Waals surface area contributed by atoms with Crippen LogP contribution in [0.4, 0.5) is 0 Å². The number of amides is 1. The average Bonchev–Trinajstić information content (AvgIpc) is 2.74. The third kappa shape index (κ3) is 6.09. The Labute approximate surface area is 145 Å². The maximum absolute atomic E-state index is 12.6. The maximum atomic E-state index is 12.6. The SMILES string of the molecule is COCCCn1c(C)cc(C(=O)CN(C)CC(=O)NC(C)C)c1C. The number of methoxy groups -OCH3 is 1. The van der Waals surface area contributed by atoms with Crippen LogP contribution >= 0.6 is 0 Å². The Bertz CT molecular complexity index is 564. The van der Waals surface area contributed by atoms with Crippen molar-refractivity contribution < 1.29 is 14.3 Å². The average molecular weight is 337 g/mol. The predicted molar refractivity (Wildman–Crippen MR) is 95.5 cm³/mol. The molecule has 1 N–H and O–H groups in total. The summed E-state index contributed by atoms with van der Waals surface area (Å²) in [7, 11) is 3.48. The highest BCUT2D eigenvalue weighted by molar-refractivity contribution is 5.99. The summed E-state index contributed by atoms with van der Waals surface area (Å²) in [5.41, 5.74) is 2.79. The molecule has 0 atom stereocenters. The van der Waals surface area contributed by atoms with Crippen LogP contribution in [-0.4, -0.2) is 61.1 Å². The van der Waals surface area contributed by atoms with Gasteiger partial charge in [-0.1, -0.05) is 0 Å². The van der Waals surface area contributed by atoms with Crippen molar-refractivity contribution in [2.75, 3.05) is 33.9 Å². The molecule has 136 valence electrons. The summed E-state index contributed by atoms with van der Waals surface area (Å²) in [6.45, 7) is 9.81. The minimum atomic E-state index is -0.0645. The van der Waals surface area contributed by atoms with Crippen molar-refractivity contribution in [2.45, 2.75) is 46.7 Å². The topological polar surface area (TPSA) is 63.6 Å². The van der Waals surface area contributed by atoms with Gasteiger partial charge in [-0.3, -0.25) is 14.5 Å². The van der Waals surface area contributed by atoms with E-state index in [0.29, 0.717) is 6.61 Å². The second-order valence-electron chi connectivity index (χ2n) is 6.60. The normalized spacial score (nSPS) is 11.3. The fourth-order valence-electron chi connectivity index (χ4n) is 2.79.